The van der Waals surface area contributed by atoms with E-state index in [4.69, 9.17) is 9.72 Å². The highest BCUT2D eigenvalue weighted by Crippen LogP contribution is 2.31. The maximum absolute atomic E-state index is 13.0. The highest BCUT2D eigenvalue weighted by Gasteiger charge is 2.31. The molecule has 28 heavy (non-hydrogen) atoms. The van der Waals surface area contributed by atoms with Crippen LogP contribution in [0.15, 0.2) is 49.1 Å². The molecule has 144 valence electrons. The molecule has 1 aromatic carbocycles. The van der Waals surface area contributed by atoms with Crippen molar-refractivity contribution in [2.45, 2.75) is 32.2 Å². The van der Waals surface area contributed by atoms with Gasteiger partial charge in [0.05, 0.1) is 37.7 Å². The monoisotopic (exact) mass is 377 g/mol. The van der Waals surface area contributed by atoms with E-state index in [0.29, 0.717) is 6.42 Å². The number of hydrogen-bond acceptors (Lipinski definition) is 5. The number of aromatic nitrogens is 4. The Labute approximate surface area is 164 Å². The van der Waals surface area contributed by atoms with Gasteiger partial charge in [-0.15, -0.1) is 0 Å². The molecule has 1 aliphatic heterocycles. The Morgan fingerprint density at radius 3 is 2.79 bits per heavy atom. The molecule has 0 spiro atoms. The molecule has 0 saturated carbocycles. The second-order valence-corrected chi connectivity index (χ2v) is 6.92. The molecule has 3 heterocycles. The number of imidazole rings is 1. The molecule has 2 aromatic heterocycles. The van der Waals surface area contributed by atoms with Crippen molar-refractivity contribution in [2.75, 3.05) is 13.7 Å². The zero-order valence-electron chi connectivity index (χ0n) is 16.1. The van der Waals surface area contributed by atoms with Crippen LogP contribution in [0.2, 0.25) is 0 Å². The van der Waals surface area contributed by atoms with E-state index in [0.717, 1.165) is 48.0 Å². The number of carbonyl (C=O) groups excluding carboxylic acids is 1. The minimum absolute atomic E-state index is 0.0398. The number of amides is 1. The smallest absolute Gasteiger partial charge is 0.227 e. The Bertz CT molecular complexity index is 967. The third kappa shape index (κ3) is 3.60. The van der Waals surface area contributed by atoms with Crippen LogP contribution in [0.3, 0.4) is 0 Å². The zero-order chi connectivity index (χ0) is 19.5. The molecule has 0 unspecified atom stereocenters. The van der Waals surface area contributed by atoms with Crippen LogP contribution >= 0.6 is 0 Å². The second-order valence-electron chi connectivity index (χ2n) is 6.92. The van der Waals surface area contributed by atoms with E-state index in [1.54, 1.807) is 25.7 Å². The summed E-state index contributed by atoms with van der Waals surface area (Å²) in [5.74, 6) is 2.48. The van der Waals surface area contributed by atoms with Gasteiger partial charge in [-0.25, -0.2) is 9.97 Å². The lowest BCUT2D eigenvalue weighted by atomic mass is 10.1. The molecule has 1 saturated heterocycles. The van der Waals surface area contributed by atoms with Crippen molar-refractivity contribution in [2.24, 2.45) is 0 Å². The largest absolute Gasteiger partial charge is 0.497 e. The van der Waals surface area contributed by atoms with Gasteiger partial charge >= 0.3 is 0 Å². The molecule has 7 nitrogen and oxygen atoms in total. The summed E-state index contributed by atoms with van der Waals surface area (Å²) in [6, 6.07) is 7.59. The van der Waals surface area contributed by atoms with Gasteiger partial charge < -0.3 is 9.64 Å². The van der Waals surface area contributed by atoms with E-state index in [1.807, 2.05) is 46.9 Å². The number of aryl methyl sites for hydroxylation is 1. The van der Waals surface area contributed by atoms with Gasteiger partial charge in [-0.3, -0.25) is 14.3 Å². The average molecular weight is 377 g/mol. The number of carbonyl (C=O) groups is 1. The fourth-order valence-corrected chi connectivity index (χ4v) is 3.66. The average Bonchev–Trinajstić information content (AvgIpc) is 3.38. The Hall–Kier alpha value is -3.22. The van der Waals surface area contributed by atoms with Crippen LogP contribution in [0, 0.1) is 6.92 Å². The van der Waals surface area contributed by atoms with Crippen LogP contribution in [0.5, 0.6) is 5.75 Å². The fourth-order valence-electron chi connectivity index (χ4n) is 3.66. The first-order valence-electron chi connectivity index (χ1n) is 9.40. The molecule has 4 rings (SSSR count). The fraction of sp³-hybridized carbons (Fsp3) is 0.333. The third-order valence-corrected chi connectivity index (χ3v) is 5.14. The number of likely N-dealkylation sites (tertiary alicyclic amines) is 1. The predicted molar refractivity (Wildman–Crippen MR) is 104 cm³/mol. The van der Waals surface area contributed by atoms with Gasteiger partial charge in [0, 0.05) is 18.9 Å². The maximum Gasteiger partial charge on any atom is 0.227 e. The van der Waals surface area contributed by atoms with E-state index in [2.05, 4.69) is 9.97 Å². The van der Waals surface area contributed by atoms with Crippen molar-refractivity contribution in [3.05, 3.63) is 66.1 Å². The lowest BCUT2D eigenvalue weighted by Gasteiger charge is -2.24. The number of rotatable bonds is 5. The first kappa shape index (κ1) is 18.2. The molecular weight excluding hydrogens is 354 g/mol. The van der Waals surface area contributed by atoms with Crippen molar-refractivity contribution in [1.29, 1.82) is 0 Å². The van der Waals surface area contributed by atoms with E-state index in [-0.39, 0.29) is 11.9 Å². The summed E-state index contributed by atoms with van der Waals surface area (Å²) in [5, 5.41) is 0. The van der Waals surface area contributed by atoms with Crippen molar-refractivity contribution in [1.82, 2.24) is 24.4 Å². The highest BCUT2D eigenvalue weighted by atomic mass is 16.5. The van der Waals surface area contributed by atoms with E-state index >= 15 is 0 Å². The number of ether oxygens (including phenoxy) is 1. The third-order valence-electron chi connectivity index (χ3n) is 5.14. The van der Waals surface area contributed by atoms with Gasteiger partial charge in [0.2, 0.25) is 5.91 Å². The van der Waals surface area contributed by atoms with Crippen molar-refractivity contribution >= 4 is 5.91 Å². The van der Waals surface area contributed by atoms with E-state index in [9.17, 15) is 4.79 Å². The lowest BCUT2D eigenvalue weighted by Crippen LogP contribution is -2.32. The van der Waals surface area contributed by atoms with Crippen molar-refractivity contribution < 1.29 is 9.53 Å². The summed E-state index contributed by atoms with van der Waals surface area (Å²) in [4.78, 5) is 28.3. The van der Waals surface area contributed by atoms with Gasteiger partial charge in [0.25, 0.3) is 0 Å². The van der Waals surface area contributed by atoms with Crippen LogP contribution in [0.1, 0.15) is 36.0 Å². The summed E-state index contributed by atoms with van der Waals surface area (Å²) < 4.78 is 7.08. The van der Waals surface area contributed by atoms with Crippen LogP contribution in [-0.2, 0) is 11.2 Å². The second kappa shape index (κ2) is 7.80. The van der Waals surface area contributed by atoms with Crippen molar-refractivity contribution in [3.8, 4) is 11.6 Å². The van der Waals surface area contributed by atoms with E-state index < -0.39 is 0 Å². The topological polar surface area (TPSA) is 73.1 Å². The minimum Gasteiger partial charge on any atom is -0.497 e. The Balaban J connectivity index is 1.53. The van der Waals surface area contributed by atoms with Gasteiger partial charge in [0.15, 0.2) is 5.82 Å². The Morgan fingerprint density at radius 2 is 2.07 bits per heavy atom. The summed E-state index contributed by atoms with van der Waals surface area (Å²) in [7, 11) is 1.63. The molecule has 1 amide bonds. The van der Waals surface area contributed by atoms with Gasteiger partial charge in [-0.2, -0.15) is 0 Å². The molecule has 0 N–H and O–H groups in total. The molecule has 3 aromatic rings. The number of hydrogen-bond donors (Lipinski definition) is 0. The lowest BCUT2D eigenvalue weighted by molar-refractivity contribution is -0.131. The zero-order valence-corrected chi connectivity index (χ0v) is 16.1. The Morgan fingerprint density at radius 1 is 1.25 bits per heavy atom. The molecular formula is C21H23N5O2. The summed E-state index contributed by atoms with van der Waals surface area (Å²) in [6.07, 6.45) is 9.32. The number of methoxy groups -OCH3 is 1. The maximum atomic E-state index is 13.0. The first-order chi connectivity index (χ1) is 13.7. The SMILES string of the molecule is COc1ccc(CC(=O)N2CCC[C@@H]2c2cncc(-n3ccnc3C)n2)cc1. The highest BCUT2D eigenvalue weighted by molar-refractivity contribution is 5.79. The molecule has 1 aliphatic rings. The standard InChI is InChI=1S/C21H23N5O2/c1-15-23-9-11-25(15)20-14-22-13-18(24-20)19-4-3-10-26(19)21(27)12-16-5-7-17(28-2)8-6-16/h5-9,11,13-14,19H,3-4,10,12H2,1-2H3/t19-/m1/s1. The van der Waals surface area contributed by atoms with Gasteiger partial charge in [-0.05, 0) is 37.5 Å². The Kier molecular flexibility index (Phi) is 5.06. The van der Waals surface area contributed by atoms with Gasteiger partial charge in [0.1, 0.15) is 11.6 Å². The number of nitrogens with zero attached hydrogens (tertiary/aromatic N) is 5. The van der Waals surface area contributed by atoms with E-state index in [1.165, 1.54) is 0 Å². The summed E-state index contributed by atoms with van der Waals surface area (Å²) in [5.41, 5.74) is 1.80. The summed E-state index contributed by atoms with van der Waals surface area (Å²) in [6.45, 7) is 2.67. The molecule has 0 aliphatic carbocycles. The molecule has 7 heteroatoms. The molecule has 0 radical (unpaired) electrons. The first-order valence-corrected chi connectivity index (χ1v) is 9.40. The minimum atomic E-state index is -0.0398. The van der Waals surface area contributed by atoms with Crippen LogP contribution in [-0.4, -0.2) is 44.0 Å². The molecule has 1 atom stereocenters. The molecule has 1 fully saturated rings. The predicted octanol–water partition coefficient (Wildman–Crippen LogP) is 2.89. The van der Waals surface area contributed by atoms with Crippen molar-refractivity contribution in [3.63, 3.8) is 0 Å². The summed E-state index contributed by atoms with van der Waals surface area (Å²) >= 11 is 0. The van der Waals surface area contributed by atoms with Crippen LogP contribution < -0.4 is 4.74 Å². The molecule has 0 bridgehead atoms. The normalized spacial score (nSPS) is 16.4. The quantitative estimate of drug-likeness (QED) is 0.684. The van der Waals surface area contributed by atoms with Crippen LogP contribution in [0.4, 0.5) is 0 Å². The van der Waals surface area contributed by atoms with Crippen LogP contribution in [0.25, 0.3) is 5.82 Å². The van der Waals surface area contributed by atoms with Gasteiger partial charge in [-0.1, -0.05) is 12.1 Å². The number of benzene rings is 1.